The van der Waals surface area contributed by atoms with Gasteiger partial charge in [-0.2, -0.15) is 0 Å². The highest BCUT2D eigenvalue weighted by atomic mass is 16.2. The highest BCUT2D eigenvalue weighted by Crippen LogP contribution is 2.28. The molecule has 20 heavy (non-hydrogen) atoms. The molecule has 2 saturated heterocycles. The lowest BCUT2D eigenvalue weighted by Crippen LogP contribution is -2.53. The molecule has 5 nitrogen and oxygen atoms in total. The Morgan fingerprint density at radius 1 is 1.15 bits per heavy atom. The summed E-state index contributed by atoms with van der Waals surface area (Å²) in [5.74, 6) is 0.0902. The first-order chi connectivity index (χ1) is 9.53. The zero-order chi connectivity index (χ0) is 14.6. The average molecular weight is 281 g/mol. The second kappa shape index (κ2) is 6.57. The van der Waals surface area contributed by atoms with Crippen LogP contribution in [0.3, 0.4) is 0 Å². The van der Waals surface area contributed by atoms with Gasteiger partial charge in [0.15, 0.2) is 0 Å². The summed E-state index contributed by atoms with van der Waals surface area (Å²) >= 11 is 0. The Labute approximate surface area is 121 Å². The molecule has 1 unspecified atom stereocenters. The second-order valence-corrected chi connectivity index (χ2v) is 6.39. The van der Waals surface area contributed by atoms with Crippen LogP contribution < -0.4 is 10.6 Å². The molecule has 2 N–H and O–H groups in total. The number of rotatable bonds is 3. The number of likely N-dealkylation sites (tertiary alicyclic amines) is 1. The third-order valence-corrected chi connectivity index (χ3v) is 4.64. The van der Waals surface area contributed by atoms with Crippen molar-refractivity contribution in [1.82, 2.24) is 15.5 Å². The lowest BCUT2D eigenvalue weighted by Gasteiger charge is -2.35. The fourth-order valence-electron chi connectivity index (χ4n) is 3.03. The van der Waals surface area contributed by atoms with E-state index in [0.717, 1.165) is 51.9 Å². The first kappa shape index (κ1) is 15.3. The van der Waals surface area contributed by atoms with Gasteiger partial charge < -0.3 is 15.5 Å². The van der Waals surface area contributed by atoms with E-state index in [2.05, 4.69) is 10.6 Å². The standard InChI is InChI=1S/C15H27N3O2/c1-12(13(19)18-10-4-3-5-11-18)17-14(20)15(2)6-8-16-9-7-15/h12,16H,3-11H2,1-2H3,(H,17,20). The van der Waals surface area contributed by atoms with Gasteiger partial charge in [0.1, 0.15) is 6.04 Å². The predicted molar refractivity (Wildman–Crippen MR) is 78.2 cm³/mol. The van der Waals surface area contributed by atoms with Crippen LogP contribution in [0, 0.1) is 5.41 Å². The molecule has 114 valence electrons. The summed E-state index contributed by atoms with van der Waals surface area (Å²) < 4.78 is 0. The van der Waals surface area contributed by atoms with Crippen molar-refractivity contribution in [1.29, 1.82) is 0 Å². The number of carbonyl (C=O) groups excluding carboxylic acids is 2. The van der Waals surface area contributed by atoms with Crippen molar-refractivity contribution in [2.45, 2.75) is 52.0 Å². The Kier molecular flexibility index (Phi) is 5.02. The quantitative estimate of drug-likeness (QED) is 0.808. The highest BCUT2D eigenvalue weighted by Gasteiger charge is 2.36. The molecule has 0 radical (unpaired) electrons. The SMILES string of the molecule is CC(NC(=O)C1(C)CCNCC1)C(=O)N1CCCCC1. The number of carbonyl (C=O) groups is 2. The Morgan fingerprint density at radius 3 is 2.35 bits per heavy atom. The van der Waals surface area contributed by atoms with Crippen LogP contribution in [-0.2, 0) is 9.59 Å². The normalized spacial score (nSPS) is 24.0. The number of hydrogen-bond acceptors (Lipinski definition) is 3. The van der Waals surface area contributed by atoms with Crippen LogP contribution in [0.25, 0.3) is 0 Å². The van der Waals surface area contributed by atoms with Crippen LogP contribution in [0.15, 0.2) is 0 Å². The molecular formula is C15H27N3O2. The maximum Gasteiger partial charge on any atom is 0.244 e. The maximum atomic E-state index is 12.4. The molecule has 0 bridgehead atoms. The second-order valence-electron chi connectivity index (χ2n) is 6.39. The van der Waals surface area contributed by atoms with Crippen molar-refractivity contribution in [2.75, 3.05) is 26.2 Å². The number of hydrogen-bond donors (Lipinski definition) is 2. The molecule has 0 aromatic carbocycles. The summed E-state index contributed by atoms with van der Waals surface area (Å²) in [5.41, 5.74) is -0.332. The molecule has 2 rings (SSSR count). The van der Waals surface area contributed by atoms with Gasteiger partial charge >= 0.3 is 0 Å². The van der Waals surface area contributed by atoms with E-state index in [1.807, 2.05) is 11.8 Å². The van der Waals surface area contributed by atoms with Crippen molar-refractivity contribution in [2.24, 2.45) is 5.41 Å². The van der Waals surface area contributed by atoms with E-state index < -0.39 is 6.04 Å². The first-order valence-electron chi connectivity index (χ1n) is 7.83. The monoisotopic (exact) mass is 281 g/mol. The lowest BCUT2D eigenvalue weighted by atomic mass is 9.80. The van der Waals surface area contributed by atoms with E-state index in [-0.39, 0.29) is 17.2 Å². The van der Waals surface area contributed by atoms with Crippen LogP contribution in [-0.4, -0.2) is 48.9 Å². The van der Waals surface area contributed by atoms with E-state index in [4.69, 9.17) is 0 Å². The minimum atomic E-state index is -0.410. The van der Waals surface area contributed by atoms with Gasteiger partial charge in [-0.3, -0.25) is 9.59 Å². The third kappa shape index (κ3) is 3.51. The van der Waals surface area contributed by atoms with Gasteiger partial charge in [0, 0.05) is 18.5 Å². The van der Waals surface area contributed by atoms with Gasteiger partial charge in [-0.1, -0.05) is 6.92 Å². The molecule has 5 heteroatoms. The zero-order valence-electron chi connectivity index (χ0n) is 12.7. The average Bonchev–Trinajstić information content (AvgIpc) is 2.48. The van der Waals surface area contributed by atoms with Crippen molar-refractivity contribution in [3.8, 4) is 0 Å². The van der Waals surface area contributed by atoms with E-state index in [0.29, 0.717) is 0 Å². The minimum absolute atomic E-state index is 0.0249. The third-order valence-electron chi connectivity index (χ3n) is 4.64. The molecular weight excluding hydrogens is 254 g/mol. The molecule has 0 saturated carbocycles. The Bertz CT molecular complexity index is 358. The Hall–Kier alpha value is -1.10. The van der Waals surface area contributed by atoms with Crippen molar-refractivity contribution in [3.05, 3.63) is 0 Å². The fourth-order valence-corrected chi connectivity index (χ4v) is 3.03. The minimum Gasteiger partial charge on any atom is -0.344 e. The van der Waals surface area contributed by atoms with E-state index in [1.54, 1.807) is 6.92 Å². The van der Waals surface area contributed by atoms with Gasteiger partial charge in [-0.15, -0.1) is 0 Å². The molecule has 0 aromatic heterocycles. The summed E-state index contributed by atoms with van der Waals surface area (Å²) in [5, 5.41) is 6.20. The summed E-state index contributed by atoms with van der Waals surface area (Å²) in [4.78, 5) is 26.6. The van der Waals surface area contributed by atoms with Gasteiger partial charge in [-0.25, -0.2) is 0 Å². The first-order valence-corrected chi connectivity index (χ1v) is 7.83. The molecule has 2 aliphatic heterocycles. The summed E-state index contributed by atoms with van der Waals surface area (Å²) in [7, 11) is 0. The molecule has 0 spiro atoms. The van der Waals surface area contributed by atoms with Crippen molar-refractivity contribution < 1.29 is 9.59 Å². The van der Waals surface area contributed by atoms with Gasteiger partial charge in [-0.05, 0) is 52.1 Å². The molecule has 2 amide bonds. The molecule has 0 aromatic rings. The van der Waals surface area contributed by atoms with E-state index >= 15 is 0 Å². The number of amides is 2. The number of nitrogens with one attached hydrogen (secondary N) is 2. The smallest absolute Gasteiger partial charge is 0.244 e. The molecule has 0 aliphatic carbocycles. The van der Waals surface area contributed by atoms with Crippen LogP contribution in [0.1, 0.15) is 46.0 Å². The molecule has 2 fully saturated rings. The van der Waals surface area contributed by atoms with Crippen LogP contribution in [0.5, 0.6) is 0 Å². The molecule has 2 aliphatic rings. The Morgan fingerprint density at radius 2 is 1.75 bits per heavy atom. The van der Waals surface area contributed by atoms with E-state index in [1.165, 1.54) is 6.42 Å². The van der Waals surface area contributed by atoms with Crippen LogP contribution >= 0.6 is 0 Å². The predicted octanol–water partition coefficient (Wildman–Crippen LogP) is 0.893. The largest absolute Gasteiger partial charge is 0.344 e. The maximum absolute atomic E-state index is 12.4. The van der Waals surface area contributed by atoms with Gasteiger partial charge in [0.2, 0.25) is 11.8 Å². The van der Waals surface area contributed by atoms with Crippen molar-refractivity contribution in [3.63, 3.8) is 0 Å². The summed E-state index contributed by atoms with van der Waals surface area (Å²) in [6, 6.07) is -0.410. The highest BCUT2D eigenvalue weighted by molar-refractivity contribution is 5.89. The molecule has 2 heterocycles. The number of nitrogens with zero attached hydrogens (tertiary/aromatic N) is 1. The topological polar surface area (TPSA) is 61.4 Å². The zero-order valence-corrected chi connectivity index (χ0v) is 12.7. The summed E-state index contributed by atoms with van der Waals surface area (Å²) in [6.07, 6.45) is 5.04. The number of piperidine rings is 2. The fraction of sp³-hybridized carbons (Fsp3) is 0.867. The van der Waals surface area contributed by atoms with Gasteiger partial charge in [0.05, 0.1) is 0 Å². The van der Waals surface area contributed by atoms with Crippen LogP contribution in [0.4, 0.5) is 0 Å². The summed E-state index contributed by atoms with van der Waals surface area (Å²) in [6.45, 7) is 7.22. The Balaban J connectivity index is 1.87. The van der Waals surface area contributed by atoms with E-state index in [9.17, 15) is 9.59 Å². The lowest BCUT2D eigenvalue weighted by molar-refractivity contribution is -0.140. The van der Waals surface area contributed by atoms with Gasteiger partial charge in [0.25, 0.3) is 0 Å². The van der Waals surface area contributed by atoms with Crippen molar-refractivity contribution >= 4 is 11.8 Å². The molecule has 1 atom stereocenters. The van der Waals surface area contributed by atoms with Crippen LogP contribution in [0.2, 0.25) is 0 Å².